The molecule has 1 aliphatic heterocycles. The van der Waals surface area contributed by atoms with Crippen LogP contribution in [0.15, 0.2) is 52.5 Å². The third-order valence-electron chi connectivity index (χ3n) is 6.93. The number of hydrogen-bond donors (Lipinski definition) is 1. The van der Waals surface area contributed by atoms with Gasteiger partial charge in [-0.05, 0) is 30.3 Å². The molecule has 1 N–H and O–H groups in total. The summed E-state index contributed by atoms with van der Waals surface area (Å²) in [6, 6.07) is 10.8. The molecule has 3 aliphatic rings. The van der Waals surface area contributed by atoms with Crippen molar-refractivity contribution >= 4 is 98.7 Å². The molecule has 2 aromatic rings. The van der Waals surface area contributed by atoms with Gasteiger partial charge in [0.2, 0.25) is 11.8 Å². The van der Waals surface area contributed by atoms with Crippen LogP contribution >= 0.6 is 69.6 Å². The Bertz CT molecular complexity index is 1370. The molecule has 2 aliphatic carbocycles. The highest BCUT2D eigenvalue weighted by atomic mass is 35.5. The highest BCUT2D eigenvalue weighted by Gasteiger charge is 2.87. The first-order valence-corrected chi connectivity index (χ1v) is 13.0. The summed E-state index contributed by atoms with van der Waals surface area (Å²) in [6.45, 7) is 0. The second-order valence-corrected chi connectivity index (χ2v) is 11.9. The van der Waals surface area contributed by atoms with Crippen molar-refractivity contribution < 1.29 is 23.9 Å². The second kappa shape index (κ2) is 8.83. The summed E-state index contributed by atoms with van der Waals surface area (Å²) >= 11 is 39.2. The number of carbonyl (C=O) groups is 3. The van der Waals surface area contributed by atoms with Gasteiger partial charge in [-0.2, -0.15) is 0 Å². The van der Waals surface area contributed by atoms with E-state index in [1.165, 1.54) is 38.5 Å². The summed E-state index contributed by atoms with van der Waals surface area (Å²) in [7, 11) is 2.95. The first-order chi connectivity index (χ1) is 17.4. The van der Waals surface area contributed by atoms with E-state index in [-0.39, 0.29) is 21.3 Å². The highest BCUT2D eigenvalue weighted by molar-refractivity contribution is 6.67. The molecular formula is C24H16Cl6N2O5. The molecule has 4 atom stereocenters. The van der Waals surface area contributed by atoms with Gasteiger partial charge in [-0.15, -0.1) is 23.2 Å². The molecule has 5 rings (SSSR count). The zero-order chi connectivity index (χ0) is 27.1. The number of fused-ring (bicyclic) bond motifs is 5. The molecule has 1 saturated carbocycles. The lowest BCUT2D eigenvalue weighted by atomic mass is 9.84. The number of alkyl halides is 4. The number of rotatable bonds is 5. The van der Waals surface area contributed by atoms with Crippen molar-refractivity contribution in [2.45, 2.75) is 14.1 Å². The van der Waals surface area contributed by atoms with Gasteiger partial charge < -0.3 is 14.8 Å². The van der Waals surface area contributed by atoms with E-state index >= 15 is 0 Å². The third kappa shape index (κ3) is 3.31. The number of methoxy groups -OCH3 is 2. The predicted octanol–water partition coefficient (Wildman–Crippen LogP) is 5.91. The normalized spacial score (nSPS) is 29.6. The Hall–Kier alpha value is -1.87. The lowest BCUT2D eigenvalue weighted by Gasteiger charge is -2.34. The number of nitrogens with zero attached hydrogens (tertiary/aromatic N) is 1. The van der Waals surface area contributed by atoms with Gasteiger partial charge in [-0.25, -0.2) is 4.90 Å². The summed E-state index contributed by atoms with van der Waals surface area (Å²) in [4.78, 5) is 37.3. The van der Waals surface area contributed by atoms with Crippen LogP contribution in [-0.2, 0) is 9.59 Å². The molecule has 0 spiro atoms. The molecular weight excluding hydrogens is 609 g/mol. The van der Waals surface area contributed by atoms with Crippen molar-refractivity contribution in [1.29, 1.82) is 0 Å². The summed E-state index contributed by atoms with van der Waals surface area (Å²) in [6.07, 6.45) is 0. The van der Waals surface area contributed by atoms with E-state index in [9.17, 15) is 14.4 Å². The largest absolute Gasteiger partial charge is 0.497 e. The number of halogens is 6. The van der Waals surface area contributed by atoms with E-state index in [0.717, 1.165) is 4.90 Å². The Kier molecular flexibility index (Phi) is 6.38. The number of amides is 3. The second-order valence-electron chi connectivity index (χ2n) is 8.66. The number of carbonyl (C=O) groups excluding carboxylic acids is 3. The van der Waals surface area contributed by atoms with Gasteiger partial charge in [-0.1, -0.05) is 52.5 Å². The van der Waals surface area contributed by atoms with Gasteiger partial charge in [0.1, 0.15) is 21.2 Å². The Morgan fingerprint density at radius 1 is 0.892 bits per heavy atom. The summed E-state index contributed by atoms with van der Waals surface area (Å²) < 4.78 is 8.48. The van der Waals surface area contributed by atoms with E-state index in [1.807, 2.05) is 0 Å². The van der Waals surface area contributed by atoms with Crippen molar-refractivity contribution in [2.75, 3.05) is 24.4 Å². The minimum Gasteiger partial charge on any atom is -0.497 e. The third-order valence-corrected chi connectivity index (χ3v) is 11.2. The zero-order valence-electron chi connectivity index (χ0n) is 19.0. The summed E-state index contributed by atoms with van der Waals surface area (Å²) in [5.74, 6) is -3.59. The van der Waals surface area contributed by atoms with Crippen molar-refractivity contribution in [2.24, 2.45) is 11.8 Å². The number of nitrogens with one attached hydrogen (secondary N) is 1. The minimum absolute atomic E-state index is 0.122. The van der Waals surface area contributed by atoms with E-state index in [4.69, 9.17) is 79.1 Å². The summed E-state index contributed by atoms with van der Waals surface area (Å²) in [5.41, 5.74) is 0.639. The fraction of sp³-hybridized carbons (Fsp3) is 0.292. The van der Waals surface area contributed by atoms with Crippen LogP contribution in [0.5, 0.6) is 11.5 Å². The number of imide groups is 1. The lowest BCUT2D eigenvalue weighted by Crippen LogP contribution is -2.50. The molecule has 37 heavy (non-hydrogen) atoms. The van der Waals surface area contributed by atoms with Gasteiger partial charge in [-0.3, -0.25) is 14.4 Å². The fourth-order valence-corrected chi connectivity index (χ4v) is 8.07. The van der Waals surface area contributed by atoms with Crippen molar-refractivity contribution in [3.05, 3.63) is 58.1 Å². The minimum atomic E-state index is -2.03. The monoisotopic (exact) mass is 622 g/mol. The molecule has 3 amide bonds. The van der Waals surface area contributed by atoms with E-state index in [2.05, 4.69) is 5.32 Å². The summed E-state index contributed by atoms with van der Waals surface area (Å²) in [5, 5.41) is 2.38. The van der Waals surface area contributed by atoms with E-state index < -0.39 is 43.6 Å². The quantitative estimate of drug-likeness (QED) is 0.330. The van der Waals surface area contributed by atoms with Crippen LogP contribution in [0.4, 0.5) is 11.4 Å². The van der Waals surface area contributed by atoms with Gasteiger partial charge in [0.15, 0.2) is 4.33 Å². The average Bonchev–Trinajstić information content (AvgIpc) is 3.27. The first kappa shape index (κ1) is 26.7. The Morgan fingerprint density at radius 2 is 1.49 bits per heavy atom. The molecule has 2 fully saturated rings. The number of anilines is 2. The Labute approximate surface area is 241 Å². The lowest BCUT2D eigenvalue weighted by molar-refractivity contribution is -0.123. The van der Waals surface area contributed by atoms with Crippen molar-refractivity contribution in [3.63, 3.8) is 0 Å². The standard InChI is InChI=1S/C24H16Cl6N2O5/c1-36-12-6-7-14(37-2)13(9-12)31-19(33)10-4-3-5-11(8-10)32-20(34)15-16(21(32)35)23(28)18(26)17(25)22(15,27)24(23,29)30/h3-9,15-16H,1-2H3,(H,31,33)/t15-,16-,22+,23+/m0/s1. The van der Waals surface area contributed by atoms with E-state index in [1.54, 1.807) is 18.2 Å². The fourth-order valence-electron chi connectivity index (χ4n) is 5.14. The number of ether oxygens (including phenoxy) is 2. The molecule has 7 nitrogen and oxygen atoms in total. The topological polar surface area (TPSA) is 84.9 Å². The predicted molar refractivity (Wildman–Crippen MR) is 144 cm³/mol. The smallest absolute Gasteiger partial charge is 0.255 e. The number of benzene rings is 2. The van der Waals surface area contributed by atoms with Gasteiger partial charge in [0.05, 0.1) is 47.5 Å². The molecule has 1 saturated heterocycles. The van der Waals surface area contributed by atoms with Crippen LogP contribution in [0, 0.1) is 11.8 Å². The Balaban J connectivity index is 1.49. The number of allylic oxidation sites excluding steroid dienone is 2. The van der Waals surface area contributed by atoms with Crippen LogP contribution in [0.2, 0.25) is 0 Å². The van der Waals surface area contributed by atoms with Crippen LogP contribution in [-0.4, -0.2) is 46.0 Å². The van der Waals surface area contributed by atoms with Crippen LogP contribution in [0.3, 0.4) is 0 Å². The van der Waals surface area contributed by atoms with Gasteiger partial charge >= 0.3 is 0 Å². The zero-order valence-corrected chi connectivity index (χ0v) is 23.5. The maximum Gasteiger partial charge on any atom is 0.255 e. The van der Waals surface area contributed by atoms with Gasteiger partial charge in [0.25, 0.3) is 5.91 Å². The molecule has 1 heterocycles. The highest BCUT2D eigenvalue weighted by Crippen LogP contribution is 2.77. The first-order valence-electron chi connectivity index (χ1n) is 10.7. The van der Waals surface area contributed by atoms with Crippen molar-refractivity contribution in [1.82, 2.24) is 0 Å². The SMILES string of the molecule is COc1ccc(OC)c(NC(=O)c2cccc(N3C(=O)[C@@H]4[C@@H](C3=O)[C@@]3(Cl)C(Cl)=C(Cl)[C@@]4(Cl)C3(Cl)Cl)c2)c1. The maximum atomic E-state index is 13.6. The number of hydrogen-bond acceptors (Lipinski definition) is 5. The van der Waals surface area contributed by atoms with Crippen LogP contribution in [0.25, 0.3) is 0 Å². The van der Waals surface area contributed by atoms with Gasteiger partial charge in [0, 0.05) is 11.6 Å². The van der Waals surface area contributed by atoms with Crippen LogP contribution < -0.4 is 19.7 Å². The molecule has 194 valence electrons. The van der Waals surface area contributed by atoms with Crippen LogP contribution in [0.1, 0.15) is 10.4 Å². The molecule has 0 aromatic heterocycles. The maximum absolute atomic E-state index is 13.6. The van der Waals surface area contributed by atoms with Crippen molar-refractivity contribution in [3.8, 4) is 11.5 Å². The van der Waals surface area contributed by atoms with E-state index in [0.29, 0.717) is 17.2 Å². The Morgan fingerprint density at radius 3 is 2.03 bits per heavy atom. The molecule has 13 heteroatoms. The molecule has 0 unspecified atom stereocenters. The molecule has 0 radical (unpaired) electrons. The average molecular weight is 625 g/mol. The molecule has 2 aromatic carbocycles. The molecule has 2 bridgehead atoms.